The van der Waals surface area contributed by atoms with Crippen LogP contribution in [0.4, 0.5) is 0 Å². The molecule has 27 heavy (non-hydrogen) atoms. The molecule has 1 aromatic rings. The number of carbonyl (C=O) groups excluding carboxylic acids is 2. The molecule has 0 saturated carbocycles. The quantitative estimate of drug-likeness (QED) is 0.686. The predicted molar refractivity (Wildman–Crippen MR) is 103 cm³/mol. The van der Waals surface area contributed by atoms with Gasteiger partial charge >= 0.3 is 5.97 Å². The van der Waals surface area contributed by atoms with Crippen LogP contribution in [0.1, 0.15) is 25.3 Å². The third-order valence-corrected chi connectivity index (χ3v) is 6.03. The number of nitrogens with zero attached hydrogens (tertiary/aromatic N) is 2. The van der Waals surface area contributed by atoms with Gasteiger partial charge in [0.25, 0.3) is 5.91 Å². The highest BCUT2D eigenvalue weighted by Gasteiger charge is 2.32. The number of likely N-dealkylation sites (N-methyl/N-ethyl adjacent to an activating group) is 1. The van der Waals surface area contributed by atoms with E-state index in [1.54, 1.807) is 20.2 Å². The normalized spacial score (nSPS) is 17.6. The van der Waals surface area contributed by atoms with Crippen molar-refractivity contribution in [3.05, 3.63) is 41.3 Å². The number of amides is 1. The fourth-order valence-corrected chi connectivity index (χ4v) is 4.07. The summed E-state index contributed by atoms with van der Waals surface area (Å²) >= 11 is 0. The molecule has 0 aliphatic carbocycles. The van der Waals surface area contributed by atoms with Crippen molar-refractivity contribution in [2.75, 3.05) is 27.2 Å². The molecule has 0 radical (unpaired) electrons. The van der Waals surface area contributed by atoms with E-state index in [0.717, 1.165) is 5.56 Å². The van der Waals surface area contributed by atoms with Crippen LogP contribution >= 0.6 is 0 Å². The standard InChI is InChI=1S/C19H26N2O5S/c1-15(18(22)20(2)3)26-19(23)17-9-12-21(13-10-17)27(24,25)14-11-16-7-5-4-6-8-16/h4-8,11,14-15,17H,9-10,12-13H2,1-3H3/b14-11+/t15-/m0/s1. The molecule has 1 aromatic carbocycles. The molecule has 0 N–H and O–H groups in total. The highest BCUT2D eigenvalue weighted by atomic mass is 32.2. The molecule has 0 aromatic heterocycles. The maximum absolute atomic E-state index is 12.5. The van der Waals surface area contributed by atoms with Crippen molar-refractivity contribution in [2.24, 2.45) is 5.92 Å². The van der Waals surface area contributed by atoms with Gasteiger partial charge in [0.1, 0.15) is 0 Å². The molecule has 1 atom stereocenters. The van der Waals surface area contributed by atoms with E-state index in [4.69, 9.17) is 4.74 Å². The topological polar surface area (TPSA) is 84.0 Å². The average Bonchev–Trinajstić information content (AvgIpc) is 2.66. The summed E-state index contributed by atoms with van der Waals surface area (Å²) in [5.74, 6) is -1.13. The Labute approximate surface area is 160 Å². The molecule has 1 heterocycles. The average molecular weight is 394 g/mol. The van der Waals surface area contributed by atoms with Crippen LogP contribution in [-0.2, 0) is 24.3 Å². The summed E-state index contributed by atoms with van der Waals surface area (Å²) in [6.45, 7) is 2.03. The maximum atomic E-state index is 12.5. The van der Waals surface area contributed by atoms with Crippen molar-refractivity contribution in [2.45, 2.75) is 25.9 Å². The van der Waals surface area contributed by atoms with Crippen LogP contribution in [0.2, 0.25) is 0 Å². The van der Waals surface area contributed by atoms with Crippen molar-refractivity contribution < 1.29 is 22.7 Å². The van der Waals surface area contributed by atoms with Gasteiger partial charge in [-0.3, -0.25) is 9.59 Å². The first kappa shape index (κ1) is 21.1. The lowest BCUT2D eigenvalue weighted by Gasteiger charge is -2.29. The lowest BCUT2D eigenvalue weighted by atomic mass is 9.98. The van der Waals surface area contributed by atoms with Crippen LogP contribution in [0.15, 0.2) is 35.7 Å². The molecule has 0 bridgehead atoms. The summed E-state index contributed by atoms with van der Waals surface area (Å²) in [4.78, 5) is 25.4. The minimum atomic E-state index is -3.54. The lowest BCUT2D eigenvalue weighted by molar-refractivity contribution is -0.162. The number of esters is 1. The van der Waals surface area contributed by atoms with Crippen molar-refractivity contribution in [3.8, 4) is 0 Å². The van der Waals surface area contributed by atoms with Gasteiger partial charge in [-0.05, 0) is 31.4 Å². The Balaban J connectivity index is 1.89. The first-order valence-electron chi connectivity index (χ1n) is 8.85. The largest absolute Gasteiger partial charge is 0.452 e. The zero-order valence-corrected chi connectivity index (χ0v) is 16.7. The van der Waals surface area contributed by atoms with Crippen LogP contribution in [0, 0.1) is 5.92 Å². The summed E-state index contributed by atoms with van der Waals surface area (Å²) in [5.41, 5.74) is 0.805. The van der Waals surface area contributed by atoms with E-state index in [1.807, 2.05) is 30.3 Å². The molecular weight excluding hydrogens is 368 g/mol. The number of hydrogen-bond acceptors (Lipinski definition) is 5. The summed E-state index contributed by atoms with van der Waals surface area (Å²) in [6.07, 6.45) is 1.47. The number of sulfonamides is 1. The Hall–Kier alpha value is -2.19. The number of hydrogen-bond donors (Lipinski definition) is 0. The molecule has 1 aliphatic heterocycles. The first-order chi connectivity index (χ1) is 12.7. The molecule has 2 rings (SSSR count). The first-order valence-corrected chi connectivity index (χ1v) is 10.4. The Morgan fingerprint density at radius 2 is 1.78 bits per heavy atom. The minimum Gasteiger partial charge on any atom is -0.452 e. The number of ether oxygens (including phenoxy) is 1. The summed E-state index contributed by atoms with van der Waals surface area (Å²) < 4.78 is 31.5. The molecule has 148 valence electrons. The molecule has 1 saturated heterocycles. The van der Waals surface area contributed by atoms with Gasteiger partial charge in [0.15, 0.2) is 6.10 Å². The van der Waals surface area contributed by atoms with E-state index < -0.39 is 28.0 Å². The zero-order valence-electron chi connectivity index (χ0n) is 15.9. The smallest absolute Gasteiger partial charge is 0.309 e. The fourth-order valence-electron chi connectivity index (χ4n) is 2.85. The second-order valence-corrected chi connectivity index (χ2v) is 8.56. The molecule has 0 spiro atoms. The van der Waals surface area contributed by atoms with Gasteiger partial charge in [0, 0.05) is 32.6 Å². The van der Waals surface area contributed by atoms with Crippen LogP contribution < -0.4 is 0 Å². The number of benzene rings is 1. The number of piperidine rings is 1. The number of rotatable bonds is 6. The van der Waals surface area contributed by atoms with Crippen molar-refractivity contribution in [3.63, 3.8) is 0 Å². The number of carbonyl (C=O) groups is 2. The molecular formula is C19H26N2O5S. The van der Waals surface area contributed by atoms with Crippen LogP contribution in [0.3, 0.4) is 0 Å². The highest BCUT2D eigenvalue weighted by molar-refractivity contribution is 7.92. The molecule has 0 unspecified atom stereocenters. The van der Waals surface area contributed by atoms with Gasteiger partial charge in [-0.25, -0.2) is 8.42 Å². The Morgan fingerprint density at radius 3 is 2.33 bits per heavy atom. The predicted octanol–water partition coefficient (Wildman–Crippen LogP) is 1.72. The van der Waals surface area contributed by atoms with E-state index in [-0.39, 0.29) is 19.0 Å². The fraction of sp³-hybridized carbons (Fsp3) is 0.474. The van der Waals surface area contributed by atoms with Crippen molar-refractivity contribution in [1.29, 1.82) is 0 Å². The van der Waals surface area contributed by atoms with Crippen molar-refractivity contribution in [1.82, 2.24) is 9.21 Å². The van der Waals surface area contributed by atoms with Gasteiger partial charge < -0.3 is 9.64 Å². The summed E-state index contributed by atoms with van der Waals surface area (Å²) in [7, 11) is -0.346. The molecule has 1 aliphatic rings. The Kier molecular flexibility index (Phi) is 7.15. The van der Waals surface area contributed by atoms with E-state index in [1.165, 1.54) is 21.5 Å². The van der Waals surface area contributed by atoms with E-state index >= 15 is 0 Å². The molecule has 8 heteroatoms. The zero-order chi connectivity index (χ0) is 20.0. The second-order valence-electron chi connectivity index (χ2n) is 6.74. The van der Waals surface area contributed by atoms with E-state index in [0.29, 0.717) is 12.8 Å². The van der Waals surface area contributed by atoms with E-state index in [9.17, 15) is 18.0 Å². The second kappa shape index (κ2) is 9.14. The SMILES string of the molecule is C[C@H](OC(=O)C1CCN(S(=O)(=O)/C=C/c2ccccc2)CC1)C(=O)N(C)C. The van der Waals surface area contributed by atoms with Gasteiger partial charge in [0.2, 0.25) is 10.0 Å². The minimum absolute atomic E-state index is 0.247. The van der Waals surface area contributed by atoms with Crippen molar-refractivity contribution >= 4 is 28.0 Å². The lowest BCUT2D eigenvalue weighted by Crippen LogP contribution is -2.41. The van der Waals surface area contributed by atoms with Crippen LogP contribution in [0.25, 0.3) is 6.08 Å². The maximum Gasteiger partial charge on any atom is 0.309 e. The monoisotopic (exact) mass is 394 g/mol. The van der Waals surface area contributed by atoms with Crippen LogP contribution in [0.5, 0.6) is 0 Å². The molecule has 1 amide bonds. The van der Waals surface area contributed by atoms with Gasteiger partial charge in [-0.1, -0.05) is 30.3 Å². The highest BCUT2D eigenvalue weighted by Crippen LogP contribution is 2.22. The molecule has 7 nitrogen and oxygen atoms in total. The third-order valence-electron chi connectivity index (χ3n) is 4.46. The molecule has 1 fully saturated rings. The van der Waals surface area contributed by atoms with Gasteiger partial charge in [0.05, 0.1) is 5.92 Å². The van der Waals surface area contributed by atoms with E-state index in [2.05, 4.69) is 0 Å². The van der Waals surface area contributed by atoms with Crippen LogP contribution in [-0.4, -0.2) is 62.8 Å². The van der Waals surface area contributed by atoms with Gasteiger partial charge in [-0.2, -0.15) is 4.31 Å². The third kappa shape index (κ3) is 5.90. The Bertz CT molecular complexity index is 782. The van der Waals surface area contributed by atoms with Gasteiger partial charge in [-0.15, -0.1) is 0 Å². The summed E-state index contributed by atoms with van der Waals surface area (Å²) in [5, 5.41) is 1.19. The Morgan fingerprint density at radius 1 is 1.19 bits per heavy atom. The summed E-state index contributed by atoms with van der Waals surface area (Å²) in [6, 6.07) is 9.19.